The van der Waals surface area contributed by atoms with E-state index in [1.54, 1.807) is 7.11 Å². The van der Waals surface area contributed by atoms with Crippen molar-refractivity contribution in [2.45, 2.75) is 13.3 Å². The van der Waals surface area contributed by atoms with Gasteiger partial charge in [0, 0.05) is 26.8 Å². The van der Waals surface area contributed by atoms with Gasteiger partial charge in [-0.25, -0.2) is 0 Å². The van der Waals surface area contributed by atoms with Crippen LogP contribution < -0.4 is 10.6 Å². The highest BCUT2D eigenvalue weighted by Gasteiger charge is 2.03. The van der Waals surface area contributed by atoms with Gasteiger partial charge in [-0.1, -0.05) is 0 Å². The fourth-order valence-electron chi connectivity index (χ4n) is 1.29. The zero-order valence-corrected chi connectivity index (χ0v) is 12.0. The lowest BCUT2D eigenvalue weighted by Crippen LogP contribution is -2.12. The Balaban J connectivity index is 2.25. The molecule has 0 saturated carbocycles. The van der Waals surface area contributed by atoms with Crippen LogP contribution in [-0.2, 0) is 9.47 Å². The maximum atomic E-state index is 5.80. The predicted molar refractivity (Wildman–Crippen MR) is 74.8 cm³/mol. The summed E-state index contributed by atoms with van der Waals surface area (Å²) in [5.74, 6) is 0.939. The topological polar surface area (TPSA) is 81.2 Å². The first-order valence-corrected chi connectivity index (χ1v) is 6.60. The lowest BCUT2D eigenvalue weighted by Gasteiger charge is -2.07. The summed E-state index contributed by atoms with van der Waals surface area (Å²) in [6.45, 7) is 5.28. The molecule has 0 saturated heterocycles. The number of nitrogens with one attached hydrogen (secondary N) is 2. The molecular weight excluding hydrogens is 270 g/mol. The molecule has 1 aromatic heterocycles. The maximum Gasteiger partial charge on any atom is 0.228 e. The van der Waals surface area contributed by atoms with E-state index in [1.807, 2.05) is 6.92 Å². The standard InChI is InChI=1S/C11H20ClN5O2/c1-3-13-10-15-9(12)16-11(17-10)14-5-4-6-19-8-7-18-2/h3-8H2,1-2H3,(H2,13,14,15,16,17). The molecule has 0 aliphatic heterocycles. The SMILES string of the molecule is CCNc1nc(Cl)nc(NCCCOCCOC)n1. The molecule has 19 heavy (non-hydrogen) atoms. The largest absolute Gasteiger partial charge is 0.382 e. The number of methoxy groups -OCH3 is 1. The van der Waals surface area contributed by atoms with Crippen LogP contribution in [0.5, 0.6) is 0 Å². The Morgan fingerprint density at radius 3 is 2.47 bits per heavy atom. The lowest BCUT2D eigenvalue weighted by molar-refractivity contribution is 0.0705. The van der Waals surface area contributed by atoms with E-state index >= 15 is 0 Å². The predicted octanol–water partition coefficient (Wildman–Crippen LogP) is 1.42. The van der Waals surface area contributed by atoms with Crippen molar-refractivity contribution in [2.24, 2.45) is 0 Å². The van der Waals surface area contributed by atoms with E-state index in [4.69, 9.17) is 21.1 Å². The van der Waals surface area contributed by atoms with Gasteiger partial charge < -0.3 is 20.1 Å². The summed E-state index contributed by atoms with van der Waals surface area (Å²) in [4.78, 5) is 12.1. The van der Waals surface area contributed by atoms with Crippen LogP contribution in [0.2, 0.25) is 5.28 Å². The number of anilines is 2. The van der Waals surface area contributed by atoms with E-state index in [-0.39, 0.29) is 5.28 Å². The zero-order chi connectivity index (χ0) is 13.9. The number of nitrogens with zero attached hydrogens (tertiary/aromatic N) is 3. The van der Waals surface area contributed by atoms with Crippen molar-refractivity contribution in [2.75, 3.05) is 50.7 Å². The second-order valence-corrected chi connectivity index (χ2v) is 4.01. The third-order valence-electron chi connectivity index (χ3n) is 2.12. The first kappa shape index (κ1) is 15.9. The average molecular weight is 290 g/mol. The minimum Gasteiger partial charge on any atom is -0.382 e. The highest BCUT2D eigenvalue weighted by molar-refractivity contribution is 6.28. The summed E-state index contributed by atoms with van der Waals surface area (Å²) in [5.41, 5.74) is 0. The Labute approximate surface area is 118 Å². The summed E-state index contributed by atoms with van der Waals surface area (Å²) < 4.78 is 10.2. The van der Waals surface area contributed by atoms with Crippen LogP contribution in [0.25, 0.3) is 0 Å². The number of ether oxygens (including phenoxy) is 2. The van der Waals surface area contributed by atoms with Crippen LogP contribution in [0.15, 0.2) is 0 Å². The summed E-state index contributed by atoms with van der Waals surface area (Å²) >= 11 is 5.80. The molecule has 0 atom stereocenters. The molecule has 0 aromatic carbocycles. The van der Waals surface area contributed by atoms with Gasteiger partial charge >= 0.3 is 0 Å². The average Bonchev–Trinajstić information content (AvgIpc) is 2.37. The minimum atomic E-state index is 0.171. The Morgan fingerprint density at radius 2 is 1.79 bits per heavy atom. The molecule has 0 aliphatic carbocycles. The van der Waals surface area contributed by atoms with Gasteiger partial charge in [0.05, 0.1) is 13.2 Å². The van der Waals surface area contributed by atoms with Gasteiger partial charge in [0.15, 0.2) is 0 Å². The van der Waals surface area contributed by atoms with Crippen LogP contribution in [0.4, 0.5) is 11.9 Å². The summed E-state index contributed by atoms with van der Waals surface area (Å²) in [6, 6.07) is 0. The Morgan fingerprint density at radius 1 is 1.05 bits per heavy atom. The fraction of sp³-hybridized carbons (Fsp3) is 0.727. The molecule has 0 bridgehead atoms. The lowest BCUT2D eigenvalue weighted by atomic mass is 10.4. The monoisotopic (exact) mass is 289 g/mol. The van der Waals surface area contributed by atoms with E-state index in [0.717, 1.165) is 13.0 Å². The molecule has 1 aromatic rings. The number of halogens is 1. The Kier molecular flexibility index (Phi) is 8.11. The molecule has 7 nitrogen and oxygen atoms in total. The van der Waals surface area contributed by atoms with E-state index in [1.165, 1.54) is 0 Å². The zero-order valence-electron chi connectivity index (χ0n) is 11.3. The fourth-order valence-corrected chi connectivity index (χ4v) is 1.45. The molecule has 108 valence electrons. The first-order chi connectivity index (χ1) is 9.26. The minimum absolute atomic E-state index is 0.171. The molecule has 1 rings (SSSR count). The van der Waals surface area contributed by atoms with Crippen LogP contribution in [-0.4, -0.2) is 55.0 Å². The first-order valence-electron chi connectivity index (χ1n) is 6.22. The van der Waals surface area contributed by atoms with Crippen LogP contribution in [0.3, 0.4) is 0 Å². The second-order valence-electron chi connectivity index (χ2n) is 3.67. The van der Waals surface area contributed by atoms with Crippen molar-refractivity contribution in [3.05, 3.63) is 5.28 Å². The molecule has 2 N–H and O–H groups in total. The Hall–Kier alpha value is -1.18. The van der Waals surface area contributed by atoms with Gasteiger partial charge in [0.1, 0.15) is 0 Å². The third-order valence-corrected chi connectivity index (χ3v) is 2.29. The molecule has 8 heteroatoms. The molecule has 0 amide bonds. The van der Waals surface area contributed by atoms with Crippen LogP contribution in [0, 0.1) is 0 Å². The molecular formula is C11H20ClN5O2. The summed E-state index contributed by atoms with van der Waals surface area (Å²) in [7, 11) is 1.65. The second kappa shape index (κ2) is 9.71. The number of aromatic nitrogens is 3. The van der Waals surface area contributed by atoms with Crippen molar-refractivity contribution in [3.8, 4) is 0 Å². The maximum absolute atomic E-state index is 5.80. The van der Waals surface area contributed by atoms with Crippen LogP contribution >= 0.6 is 11.6 Å². The summed E-state index contributed by atoms with van der Waals surface area (Å²) in [6.07, 6.45) is 0.851. The number of hydrogen-bond acceptors (Lipinski definition) is 7. The molecule has 0 aliphatic rings. The van der Waals surface area contributed by atoms with Crippen LogP contribution in [0.1, 0.15) is 13.3 Å². The van der Waals surface area contributed by atoms with Crippen molar-refractivity contribution < 1.29 is 9.47 Å². The third kappa shape index (κ3) is 7.09. The highest BCUT2D eigenvalue weighted by Crippen LogP contribution is 2.09. The van der Waals surface area contributed by atoms with E-state index in [2.05, 4.69) is 25.6 Å². The molecule has 0 spiro atoms. The van der Waals surface area contributed by atoms with Crippen molar-refractivity contribution >= 4 is 23.5 Å². The van der Waals surface area contributed by atoms with Crippen molar-refractivity contribution in [3.63, 3.8) is 0 Å². The van der Waals surface area contributed by atoms with Gasteiger partial charge in [0.25, 0.3) is 0 Å². The number of hydrogen-bond donors (Lipinski definition) is 2. The van der Waals surface area contributed by atoms with E-state index in [9.17, 15) is 0 Å². The molecule has 0 radical (unpaired) electrons. The van der Waals surface area contributed by atoms with Gasteiger partial charge in [-0.15, -0.1) is 0 Å². The van der Waals surface area contributed by atoms with E-state index < -0.39 is 0 Å². The van der Waals surface area contributed by atoms with Gasteiger partial charge in [-0.05, 0) is 24.9 Å². The van der Waals surface area contributed by atoms with Crippen molar-refractivity contribution in [1.82, 2.24) is 15.0 Å². The Bertz CT molecular complexity index is 367. The van der Waals surface area contributed by atoms with Gasteiger partial charge in [0.2, 0.25) is 17.2 Å². The number of rotatable bonds is 10. The van der Waals surface area contributed by atoms with Gasteiger partial charge in [-0.3, -0.25) is 0 Å². The highest BCUT2D eigenvalue weighted by atomic mass is 35.5. The molecule has 1 heterocycles. The molecule has 0 fully saturated rings. The summed E-state index contributed by atoms with van der Waals surface area (Å²) in [5, 5.41) is 6.24. The van der Waals surface area contributed by atoms with Crippen molar-refractivity contribution in [1.29, 1.82) is 0 Å². The van der Waals surface area contributed by atoms with Gasteiger partial charge in [-0.2, -0.15) is 15.0 Å². The van der Waals surface area contributed by atoms with E-state index in [0.29, 0.717) is 38.3 Å². The normalized spacial score (nSPS) is 10.5. The smallest absolute Gasteiger partial charge is 0.228 e. The quantitative estimate of drug-likeness (QED) is 0.630. The molecule has 0 unspecified atom stereocenters.